The van der Waals surface area contributed by atoms with Crippen LogP contribution in [0.1, 0.15) is 33.1 Å². The fraction of sp³-hybridized carbons (Fsp3) is 0.857. The van der Waals surface area contributed by atoms with E-state index in [1.165, 1.54) is 0 Å². The van der Waals surface area contributed by atoms with Crippen LogP contribution in [0.5, 0.6) is 0 Å². The summed E-state index contributed by atoms with van der Waals surface area (Å²) in [6.07, 6.45) is 3.94. The third kappa shape index (κ3) is 31.6. The molecule has 0 unspecified atom stereocenters. The fourth-order valence-corrected chi connectivity index (χ4v) is 0.392. The van der Waals surface area contributed by atoms with Crippen LogP contribution in [0.15, 0.2) is 0 Å². The van der Waals surface area contributed by atoms with Gasteiger partial charge in [0.2, 0.25) is 0 Å². The van der Waals surface area contributed by atoms with Crippen molar-refractivity contribution in [3.8, 4) is 6.07 Å². The van der Waals surface area contributed by atoms with Gasteiger partial charge in [0.1, 0.15) is 0 Å². The van der Waals surface area contributed by atoms with E-state index in [-0.39, 0.29) is 21.1 Å². The minimum atomic E-state index is 0. The Balaban J connectivity index is -0.000000126. The monoisotopic (exact) mass is 329 g/mol. The Morgan fingerprint density at radius 3 is 2.08 bits per heavy atom. The molecule has 0 fully saturated rings. The Bertz CT molecular complexity index is 93.1. The minimum Gasteiger partial charge on any atom is -0.198 e. The topological polar surface area (TPSA) is 23.8 Å². The molecule has 0 aliphatic carbocycles. The van der Waals surface area contributed by atoms with Gasteiger partial charge in [0.05, 0.1) is 13.2 Å². The summed E-state index contributed by atoms with van der Waals surface area (Å²) in [5, 5.41) is 7.95. The normalized spacial score (nSPS) is 6.42. The maximum atomic E-state index is 7.95. The molecule has 0 atom stereocenters. The Hall–Kier alpha value is 0.373. The van der Waals surface area contributed by atoms with E-state index in [2.05, 4.69) is 13.0 Å². The maximum Gasteiger partial charge on any atom is 0.0621 e. The summed E-state index contributed by atoms with van der Waals surface area (Å²) in [7, 11) is 8.42. The molecular weight excluding hydrogens is 314 g/mol. The van der Waals surface area contributed by atoms with Crippen molar-refractivity contribution in [3.63, 3.8) is 0 Å². The molecule has 0 saturated heterocycles. The van der Waals surface area contributed by atoms with Crippen molar-refractivity contribution in [3.05, 3.63) is 0 Å². The molecule has 0 amide bonds. The second kappa shape index (κ2) is 22.5. The zero-order valence-electron chi connectivity index (χ0n) is 7.92. The van der Waals surface area contributed by atoms with Crippen molar-refractivity contribution in [1.29, 1.82) is 5.26 Å². The van der Waals surface area contributed by atoms with E-state index in [4.69, 9.17) is 13.0 Å². The van der Waals surface area contributed by atoms with Crippen LogP contribution in [0.4, 0.5) is 0 Å². The number of nitrogens with zero attached hydrogens (tertiary/aromatic N) is 1. The van der Waals surface area contributed by atoms with E-state index in [9.17, 15) is 0 Å². The smallest absolute Gasteiger partial charge is 0.0621 e. The van der Waals surface area contributed by atoms with Crippen molar-refractivity contribution >= 4 is 22.0 Å². The van der Waals surface area contributed by atoms with Crippen molar-refractivity contribution in [2.24, 2.45) is 0 Å². The molecule has 0 spiro atoms. The quantitative estimate of drug-likeness (QED) is 0.567. The molecule has 0 aromatic carbocycles. The SMILES string of the molecule is CCCCC#N.[B][B][B]CC.[W]. The van der Waals surface area contributed by atoms with Gasteiger partial charge in [-0.1, -0.05) is 26.6 Å². The van der Waals surface area contributed by atoms with Gasteiger partial charge in [-0.25, -0.2) is 0 Å². The first kappa shape index (κ1) is 18.2. The summed E-state index contributed by atoms with van der Waals surface area (Å²) in [4.78, 5) is 0. The number of unbranched alkanes of at least 4 members (excludes halogenated alkanes) is 2. The van der Waals surface area contributed by atoms with Crippen molar-refractivity contribution < 1.29 is 21.1 Å². The van der Waals surface area contributed by atoms with Crippen LogP contribution >= 0.6 is 0 Å². The van der Waals surface area contributed by atoms with Crippen LogP contribution in [-0.2, 0) is 21.1 Å². The average molecular weight is 328 g/mol. The van der Waals surface area contributed by atoms with Gasteiger partial charge in [-0.15, -0.1) is 0 Å². The first-order chi connectivity index (χ1) is 5.33. The fourth-order valence-electron chi connectivity index (χ4n) is 0.392. The standard InChI is InChI=1S/C5H9N.C2H5B3.W/c1-2-3-4-5-6;1-2-4-5-3;/h2-4H2,1H3;2H2,1H3;. The molecule has 12 heavy (non-hydrogen) atoms. The number of hydrogen-bond acceptors (Lipinski definition) is 1. The van der Waals surface area contributed by atoms with Crippen LogP contribution in [0, 0.1) is 11.3 Å². The third-order valence-corrected chi connectivity index (χ3v) is 1.01. The predicted molar refractivity (Wildman–Crippen MR) is 52.9 cm³/mol. The Morgan fingerprint density at radius 2 is 2.00 bits per heavy atom. The van der Waals surface area contributed by atoms with Gasteiger partial charge in [0.25, 0.3) is 0 Å². The van der Waals surface area contributed by atoms with Crippen molar-refractivity contribution in [2.45, 2.75) is 39.4 Å². The molecule has 1 nitrogen and oxygen atoms in total. The molecule has 0 N–H and O–H groups in total. The molecule has 4 radical (unpaired) electrons. The Labute approximate surface area is 93.8 Å². The number of rotatable bonds is 4. The maximum absolute atomic E-state index is 7.95. The van der Waals surface area contributed by atoms with Gasteiger partial charge in [-0.05, 0) is 6.42 Å². The third-order valence-electron chi connectivity index (χ3n) is 1.01. The van der Waals surface area contributed by atoms with Crippen molar-refractivity contribution in [2.75, 3.05) is 0 Å². The molecule has 0 bridgehead atoms. The summed E-state index contributed by atoms with van der Waals surface area (Å²) >= 11 is 0. The first-order valence-electron chi connectivity index (χ1n) is 4.07. The molecule has 0 heterocycles. The van der Waals surface area contributed by atoms with Crippen LogP contribution in [-0.4, -0.2) is 22.0 Å². The molecule has 62 valence electrons. The first-order valence-corrected chi connectivity index (χ1v) is 4.07. The molecule has 0 rings (SSSR count). The average Bonchev–Trinajstić information content (AvgIpc) is 2.04. The molecule has 0 saturated carbocycles. The van der Waals surface area contributed by atoms with Gasteiger partial charge in [-0.3, -0.25) is 0 Å². The van der Waals surface area contributed by atoms with Gasteiger partial charge in [-0.2, -0.15) is 5.26 Å². The predicted octanol–water partition coefficient (Wildman–Crippen LogP) is 1.53. The molecule has 0 aromatic rings. The summed E-state index contributed by atoms with van der Waals surface area (Å²) in [5.74, 6) is 0. The zero-order valence-corrected chi connectivity index (χ0v) is 10.8. The molecule has 5 heteroatoms. The summed E-state index contributed by atoms with van der Waals surface area (Å²) in [5.41, 5.74) is 0. The minimum absolute atomic E-state index is 0. The van der Waals surface area contributed by atoms with Gasteiger partial charge in [0, 0.05) is 42.3 Å². The van der Waals surface area contributed by atoms with Gasteiger partial charge >= 0.3 is 0 Å². The summed E-state index contributed by atoms with van der Waals surface area (Å²) in [6, 6.07) is 2.07. The van der Waals surface area contributed by atoms with Crippen molar-refractivity contribution in [1.82, 2.24) is 0 Å². The summed E-state index contributed by atoms with van der Waals surface area (Å²) < 4.78 is 0. The van der Waals surface area contributed by atoms with Crippen LogP contribution in [0.2, 0.25) is 6.32 Å². The molecule has 0 aromatic heterocycles. The largest absolute Gasteiger partial charge is 0.198 e. The van der Waals surface area contributed by atoms with E-state index in [1.807, 2.05) is 14.1 Å². The molecule has 0 aliphatic heterocycles. The second-order valence-electron chi connectivity index (χ2n) is 2.10. The number of nitriles is 1. The molecular formula is C7H14B3NW. The van der Waals surface area contributed by atoms with E-state index in [0.717, 1.165) is 25.6 Å². The molecule has 0 aliphatic rings. The van der Waals surface area contributed by atoms with Crippen LogP contribution in [0.25, 0.3) is 0 Å². The Morgan fingerprint density at radius 1 is 1.42 bits per heavy atom. The van der Waals surface area contributed by atoms with Gasteiger partial charge in [0.15, 0.2) is 0 Å². The van der Waals surface area contributed by atoms with Gasteiger partial charge < -0.3 is 0 Å². The number of hydrogen-bond donors (Lipinski definition) is 0. The van der Waals surface area contributed by atoms with Crippen LogP contribution in [0.3, 0.4) is 0 Å². The van der Waals surface area contributed by atoms with E-state index >= 15 is 0 Å². The van der Waals surface area contributed by atoms with E-state index in [1.54, 1.807) is 7.06 Å². The zero-order chi connectivity index (χ0) is 8.95. The van der Waals surface area contributed by atoms with E-state index < -0.39 is 0 Å². The van der Waals surface area contributed by atoms with E-state index in [0.29, 0.717) is 0 Å². The van der Waals surface area contributed by atoms with Crippen LogP contribution < -0.4 is 0 Å². The second-order valence-corrected chi connectivity index (χ2v) is 2.10. The Kier molecular flexibility index (Phi) is 34.2. The summed E-state index contributed by atoms with van der Waals surface area (Å²) in [6.45, 7) is 4.13.